The summed E-state index contributed by atoms with van der Waals surface area (Å²) in [6.45, 7) is 9.81. The van der Waals surface area contributed by atoms with Gasteiger partial charge in [-0.05, 0) is 78.0 Å². The van der Waals surface area contributed by atoms with Crippen molar-refractivity contribution in [1.82, 2.24) is 15.2 Å². The molecule has 0 unspecified atom stereocenters. The van der Waals surface area contributed by atoms with E-state index in [1.165, 1.54) is 12.8 Å². The molecule has 0 bridgehead atoms. The fourth-order valence-corrected chi connectivity index (χ4v) is 4.97. The molecular weight excluding hydrogens is 458 g/mol. The second-order valence-corrected chi connectivity index (χ2v) is 9.95. The highest BCUT2D eigenvalue weighted by Crippen LogP contribution is 2.34. The van der Waals surface area contributed by atoms with Gasteiger partial charge < -0.3 is 24.3 Å². The molecule has 1 aromatic carbocycles. The van der Waals surface area contributed by atoms with Gasteiger partial charge in [-0.2, -0.15) is 0 Å². The Morgan fingerprint density at radius 1 is 1.11 bits per heavy atom. The molecule has 2 fully saturated rings. The van der Waals surface area contributed by atoms with E-state index < -0.39 is 0 Å². The number of nitrogens with one attached hydrogen (secondary N) is 1. The van der Waals surface area contributed by atoms with Crippen molar-refractivity contribution in [1.29, 1.82) is 0 Å². The smallest absolute Gasteiger partial charge is 0.270 e. The third-order valence-corrected chi connectivity index (χ3v) is 6.97. The zero-order valence-corrected chi connectivity index (χ0v) is 22.0. The average molecular weight is 500 g/mol. The normalized spacial score (nSPS) is 19.2. The minimum absolute atomic E-state index is 0.104. The number of benzene rings is 1. The number of carbonyl (C=O) groups excluding carboxylic acids is 1. The molecule has 1 amide bonds. The molecule has 2 heterocycles. The molecule has 198 valence electrons. The van der Waals surface area contributed by atoms with Crippen molar-refractivity contribution in [2.75, 3.05) is 39.7 Å². The molecule has 1 saturated carbocycles. The number of rotatable bonds is 12. The van der Waals surface area contributed by atoms with Crippen LogP contribution in [0.3, 0.4) is 0 Å². The van der Waals surface area contributed by atoms with Crippen LogP contribution in [0.15, 0.2) is 24.3 Å². The van der Waals surface area contributed by atoms with Gasteiger partial charge in [-0.25, -0.2) is 4.98 Å². The van der Waals surface area contributed by atoms with Crippen molar-refractivity contribution < 1.29 is 23.7 Å². The summed E-state index contributed by atoms with van der Waals surface area (Å²) in [7, 11) is 0. The first-order valence-electron chi connectivity index (χ1n) is 13.5. The van der Waals surface area contributed by atoms with E-state index in [4.69, 9.17) is 23.9 Å². The van der Waals surface area contributed by atoms with Crippen molar-refractivity contribution >= 4 is 16.8 Å². The molecule has 1 aliphatic carbocycles. The van der Waals surface area contributed by atoms with Crippen LogP contribution >= 0.6 is 0 Å². The van der Waals surface area contributed by atoms with Gasteiger partial charge in [0.2, 0.25) is 0 Å². The lowest BCUT2D eigenvalue weighted by Gasteiger charge is -2.35. The molecule has 4 rings (SSSR count). The fraction of sp³-hybridized carbons (Fsp3) is 0.643. The van der Waals surface area contributed by atoms with Crippen LogP contribution in [-0.2, 0) is 9.47 Å². The molecule has 0 spiro atoms. The summed E-state index contributed by atoms with van der Waals surface area (Å²) in [5.41, 5.74) is 1.01. The van der Waals surface area contributed by atoms with E-state index in [9.17, 15) is 4.79 Å². The van der Waals surface area contributed by atoms with Crippen LogP contribution in [-0.4, -0.2) is 73.7 Å². The molecule has 0 radical (unpaired) electrons. The van der Waals surface area contributed by atoms with E-state index in [-0.39, 0.29) is 24.8 Å². The number of aromatic nitrogens is 1. The molecule has 2 aromatic rings. The minimum atomic E-state index is -0.180. The molecule has 1 saturated heterocycles. The molecule has 1 aromatic heterocycles. The van der Waals surface area contributed by atoms with Crippen LogP contribution in [0.2, 0.25) is 0 Å². The molecule has 1 aliphatic heterocycles. The molecular formula is C28H41N3O5. The molecule has 36 heavy (non-hydrogen) atoms. The van der Waals surface area contributed by atoms with Crippen molar-refractivity contribution in [3.63, 3.8) is 0 Å². The standard InChI is InChI=1S/C28H41N3O5/c1-4-33-19-34-15-16-35-26-17-24(28(32)29-21-9-8-14-31(18-21)20(2)3)30-27-23(26)12-7-13-25(27)36-22-10-5-6-11-22/h7,12-13,17,20-22H,4-6,8-11,14-16,18-19H2,1-3H3,(H,29,32)/t21-/m1/s1. The SMILES string of the molecule is CCOCOCCOc1cc(C(=O)N[C@@H]2CCCN(C(C)C)C2)nc2c(OC3CCCC3)cccc12. The zero-order valence-electron chi connectivity index (χ0n) is 22.0. The summed E-state index contributed by atoms with van der Waals surface area (Å²) in [4.78, 5) is 20.6. The van der Waals surface area contributed by atoms with Crippen LogP contribution in [0.1, 0.15) is 69.8 Å². The molecule has 8 nitrogen and oxygen atoms in total. The monoisotopic (exact) mass is 499 g/mol. The predicted octanol–water partition coefficient (Wildman–Crippen LogP) is 4.55. The Morgan fingerprint density at radius 2 is 1.94 bits per heavy atom. The number of ether oxygens (including phenoxy) is 4. The number of nitrogens with zero attached hydrogens (tertiary/aromatic N) is 2. The number of hydrogen-bond donors (Lipinski definition) is 1. The van der Waals surface area contributed by atoms with Crippen LogP contribution < -0.4 is 14.8 Å². The lowest BCUT2D eigenvalue weighted by atomic mass is 10.0. The van der Waals surface area contributed by atoms with Crippen molar-refractivity contribution in [3.8, 4) is 11.5 Å². The van der Waals surface area contributed by atoms with E-state index in [0.717, 1.165) is 44.2 Å². The fourth-order valence-electron chi connectivity index (χ4n) is 4.97. The first-order valence-corrected chi connectivity index (χ1v) is 13.5. The van der Waals surface area contributed by atoms with Gasteiger partial charge in [-0.1, -0.05) is 6.07 Å². The van der Waals surface area contributed by atoms with E-state index in [0.29, 0.717) is 48.6 Å². The summed E-state index contributed by atoms with van der Waals surface area (Å²) in [5.74, 6) is 1.13. The number of pyridine rings is 1. The van der Waals surface area contributed by atoms with Crippen molar-refractivity contribution in [3.05, 3.63) is 30.0 Å². The number of fused-ring (bicyclic) bond motifs is 1. The van der Waals surface area contributed by atoms with Crippen LogP contribution in [0.4, 0.5) is 0 Å². The Morgan fingerprint density at radius 3 is 2.72 bits per heavy atom. The largest absolute Gasteiger partial charge is 0.490 e. The summed E-state index contributed by atoms with van der Waals surface area (Å²) in [6, 6.07) is 8.16. The highest BCUT2D eigenvalue weighted by atomic mass is 16.7. The quantitative estimate of drug-likeness (QED) is 0.339. The van der Waals surface area contributed by atoms with Crippen LogP contribution in [0, 0.1) is 0 Å². The summed E-state index contributed by atoms with van der Waals surface area (Å²) in [6.07, 6.45) is 6.69. The number of carbonyl (C=O) groups is 1. The maximum absolute atomic E-state index is 13.4. The third kappa shape index (κ3) is 7.08. The Labute approximate surface area is 214 Å². The second-order valence-electron chi connectivity index (χ2n) is 9.95. The van der Waals surface area contributed by atoms with Crippen LogP contribution in [0.25, 0.3) is 10.9 Å². The van der Waals surface area contributed by atoms with E-state index in [1.807, 2.05) is 25.1 Å². The maximum Gasteiger partial charge on any atom is 0.270 e. The second kappa shape index (κ2) is 13.2. The lowest BCUT2D eigenvalue weighted by Crippen LogP contribution is -2.49. The van der Waals surface area contributed by atoms with Gasteiger partial charge in [0.25, 0.3) is 5.91 Å². The predicted molar refractivity (Wildman–Crippen MR) is 140 cm³/mol. The Balaban J connectivity index is 1.55. The van der Waals surface area contributed by atoms with Gasteiger partial charge in [0, 0.05) is 36.7 Å². The van der Waals surface area contributed by atoms with E-state index in [1.54, 1.807) is 6.07 Å². The summed E-state index contributed by atoms with van der Waals surface area (Å²) < 4.78 is 23.1. The van der Waals surface area contributed by atoms with Gasteiger partial charge in [0.1, 0.15) is 36.1 Å². The van der Waals surface area contributed by atoms with Gasteiger partial charge in [0.05, 0.1) is 12.7 Å². The summed E-state index contributed by atoms with van der Waals surface area (Å²) in [5, 5.41) is 4.04. The summed E-state index contributed by atoms with van der Waals surface area (Å²) >= 11 is 0. The van der Waals surface area contributed by atoms with Crippen LogP contribution in [0.5, 0.6) is 11.5 Å². The highest BCUT2D eigenvalue weighted by Gasteiger charge is 2.25. The Hall–Kier alpha value is -2.42. The van der Waals surface area contributed by atoms with E-state index in [2.05, 4.69) is 24.1 Å². The molecule has 8 heteroatoms. The minimum Gasteiger partial charge on any atom is -0.490 e. The number of likely N-dealkylation sites (tertiary alicyclic amines) is 1. The lowest BCUT2D eigenvalue weighted by molar-refractivity contribution is -0.0560. The Kier molecular flexibility index (Phi) is 9.78. The maximum atomic E-state index is 13.4. The van der Waals surface area contributed by atoms with Gasteiger partial charge in [-0.15, -0.1) is 0 Å². The van der Waals surface area contributed by atoms with Gasteiger partial charge in [-0.3, -0.25) is 9.69 Å². The van der Waals surface area contributed by atoms with Gasteiger partial charge in [0.15, 0.2) is 0 Å². The number of hydrogen-bond acceptors (Lipinski definition) is 7. The molecule has 2 aliphatic rings. The zero-order chi connectivity index (χ0) is 25.3. The Bertz CT molecular complexity index is 993. The van der Waals surface area contributed by atoms with Crippen molar-refractivity contribution in [2.45, 2.75) is 77.5 Å². The van der Waals surface area contributed by atoms with Crippen molar-refractivity contribution in [2.24, 2.45) is 0 Å². The topological polar surface area (TPSA) is 82.2 Å². The third-order valence-electron chi connectivity index (χ3n) is 6.97. The molecule has 1 N–H and O–H groups in total. The van der Waals surface area contributed by atoms with Gasteiger partial charge >= 0.3 is 0 Å². The van der Waals surface area contributed by atoms with E-state index >= 15 is 0 Å². The number of amides is 1. The number of para-hydroxylation sites is 1. The molecule has 1 atom stereocenters. The highest BCUT2D eigenvalue weighted by molar-refractivity contribution is 5.98. The number of piperidine rings is 1. The average Bonchev–Trinajstić information content (AvgIpc) is 3.39. The first-order chi connectivity index (χ1) is 17.5. The first kappa shape index (κ1) is 26.6.